The van der Waals surface area contributed by atoms with Gasteiger partial charge in [0, 0.05) is 44.4 Å². The van der Waals surface area contributed by atoms with Gasteiger partial charge in [0.25, 0.3) is 0 Å². The van der Waals surface area contributed by atoms with E-state index in [4.69, 9.17) is 4.74 Å². The molecule has 0 aliphatic carbocycles. The number of hydrogen-bond donors (Lipinski definition) is 1. The Bertz CT molecular complexity index is 453. The van der Waals surface area contributed by atoms with Gasteiger partial charge in [-0.2, -0.15) is 0 Å². The smallest absolute Gasteiger partial charge is 0.0863 e. The second-order valence-electron chi connectivity index (χ2n) is 5.52. The van der Waals surface area contributed by atoms with Crippen LogP contribution in [0, 0.1) is 0 Å². The lowest BCUT2D eigenvalue weighted by Crippen LogP contribution is -2.40. The normalized spacial score (nSPS) is 27.6. The van der Waals surface area contributed by atoms with Crippen molar-refractivity contribution in [3.05, 3.63) is 29.3 Å². The van der Waals surface area contributed by atoms with Gasteiger partial charge in [0.2, 0.25) is 0 Å². The van der Waals surface area contributed by atoms with Crippen LogP contribution in [0.15, 0.2) is 18.2 Å². The Labute approximate surface area is 127 Å². The summed E-state index contributed by atoms with van der Waals surface area (Å²) < 4.78 is 6.12. The Morgan fingerprint density at radius 3 is 2.74 bits per heavy atom. The van der Waals surface area contributed by atoms with Crippen molar-refractivity contribution in [2.75, 3.05) is 32.1 Å². The van der Waals surface area contributed by atoms with E-state index < -0.39 is 0 Å². The summed E-state index contributed by atoms with van der Waals surface area (Å²) in [5.41, 5.74) is 4.10. The van der Waals surface area contributed by atoms with E-state index in [9.17, 15) is 0 Å². The van der Waals surface area contributed by atoms with Gasteiger partial charge in [-0.15, -0.1) is 24.8 Å². The number of anilines is 1. The van der Waals surface area contributed by atoms with E-state index in [0.29, 0.717) is 5.92 Å². The molecule has 1 aromatic rings. The first-order chi connectivity index (χ1) is 8.12. The van der Waals surface area contributed by atoms with Crippen molar-refractivity contribution in [3.8, 4) is 0 Å². The van der Waals surface area contributed by atoms with Crippen LogP contribution in [0.25, 0.3) is 0 Å². The number of hydrogen-bond acceptors (Lipinski definition) is 3. The summed E-state index contributed by atoms with van der Waals surface area (Å²) >= 11 is 0. The summed E-state index contributed by atoms with van der Waals surface area (Å²) in [4.78, 5) is 2.17. The van der Waals surface area contributed by atoms with Crippen molar-refractivity contribution in [2.45, 2.75) is 25.0 Å². The molecule has 2 aliphatic heterocycles. The van der Waals surface area contributed by atoms with Gasteiger partial charge in [-0.3, -0.25) is 0 Å². The average Bonchev–Trinajstić information content (AvgIpc) is 2.70. The maximum atomic E-state index is 6.12. The van der Waals surface area contributed by atoms with Crippen LogP contribution in [0.5, 0.6) is 0 Å². The van der Waals surface area contributed by atoms with Gasteiger partial charge in [-0.25, -0.2) is 0 Å². The van der Waals surface area contributed by atoms with Gasteiger partial charge in [-0.05, 0) is 18.6 Å². The highest BCUT2D eigenvalue weighted by Gasteiger charge is 2.44. The van der Waals surface area contributed by atoms with Crippen molar-refractivity contribution < 1.29 is 4.74 Å². The minimum absolute atomic E-state index is 0. The Morgan fingerprint density at radius 1 is 1.32 bits per heavy atom. The van der Waals surface area contributed by atoms with Gasteiger partial charge in [-0.1, -0.05) is 12.1 Å². The Morgan fingerprint density at radius 2 is 2.05 bits per heavy atom. The van der Waals surface area contributed by atoms with Crippen LogP contribution in [0.4, 0.5) is 5.69 Å². The fourth-order valence-electron chi connectivity index (χ4n) is 3.13. The zero-order chi connectivity index (χ0) is 12.0. The highest BCUT2D eigenvalue weighted by atomic mass is 35.5. The summed E-state index contributed by atoms with van der Waals surface area (Å²) in [5, 5.41) is 3.46. The zero-order valence-corrected chi connectivity index (χ0v) is 13.2. The molecule has 2 heterocycles. The molecule has 19 heavy (non-hydrogen) atoms. The van der Waals surface area contributed by atoms with Crippen molar-refractivity contribution in [1.82, 2.24) is 5.32 Å². The van der Waals surface area contributed by atoms with E-state index in [1.54, 1.807) is 0 Å². The zero-order valence-electron chi connectivity index (χ0n) is 11.6. The molecule has 1 fully saturated rings. The first-order valence-corrected chi connectivity index (χ1v) is 6.25. The predicted octanol–water partition coefficient (Wildman–Crippen LogP) is 2.57. The molecule has 1 aromatic carbocycles. The van der Waals surface area contributed by atoms with Crippen LogP contribution in [0.2, 0.25) is 0 Å². The van der Waals surface area contributed by atoms with E-state index in [2.05, 4.69) is 49.4 Å². The number of fused-ring (bicyclic) bond motifs is 3. The quantitative estimate of drug-likeness (QED) is 0.863. The third kappa shape index (κ3) is 2.57. The third-order valence-corrected chi connectivity index (χ3v) is 4.15. The van der Waals surface area contributed by atoms with Crippen molar-refractivity contribution in [2.24, 2.45) is 0 Å². The Hall–Kier alpha value is -0.480. The van der Waals surface area contributed by atoms with Crippen LogP contribution in [0.1, 0.15) is 24.0 Å². The van der Waals surface area contributed by atoms with Crippen LogP contribution < -0.4 is 10.2 Å². The maximum Gasteiger partial charge on any atom is 0.0863 e. The second kappa shape index (κ2) is 5.88. The maximum absolute atomic E-state index is 6.12. The summed E-state index contributed by atoms with van der Waals surface area (Å²) in [6.45, 7) is 4.95. The molecule has 0 unspecified atom stereocenters. The summed E-state index contributed by atoms with van der Waals surface area (Å²) in [6, 6.07) is 6.60. The first-order valence-electron chi connectivity index (χ1n) is 6.25. The molecule has 1 N–H and O–H groups in total. The summed E-state index contributed by atoms with van der Waals surface area (Å²) in [6.07, 6.45) is 0. The number of nitrogens with one attached hydrogen (secondary N) is 1. The van der Waals surface area contributed by atoms with Gasteiger partial charge in [0.05, 0.1) is 12.2 Å². The molecule has 3 rings (SSSR count). The number of ether oxygens (including phenoxy) is 1. The Balaban J connectivity index is 0.000000902. The molecule has 2 aliphatic rings. The summed E-state index contributed by atoms with van der Waals surface area (Å²) in [7, 11) is 4.19. The first kappa shape index (κ1) is 16.6. The Kier molecular flexibility index (Phi) is 5.13. The molecular weight excluding hydrogens is 283 g/mol. The van der Waals surface area contributed by atoms with E-state index in [1.807, 2.05) is 0 Å². The lowest BCUT2D eigenvalue weighted by molar-refractivity contribution is -0.0515. The second-order valence-corrected chi connectivity index (χ2v) is 5.52. The number of rotatable bonds is 1. The number of benzene rings is 1. The molecule has 0 amide bonds. The van der Waals surface area contributed by atoms with Crippen molar-refractivity contribution in [1.29, 1.82) is 0 Å². The van der Waals surface area contributed by atoms with E-state index >= 15 is 0 Å². The molecule has 3 nitrogen and oxygen atoms in total. The van der Waals surface area contributed by atoms with Gasteiger partial charge < -0.3 is 15.0 Å². The molecule has 0 saturated carbocycles. The minimum atomic E-state index is -0.0159. The molecule has 0 bridgehead atoms. The lowest BCUT2D eigenvalue weighted by Gasteiger charge is -2.38. The molecule has 1 saturated heterocycles. The SMILES string of the molecule is CN(C)c1cccc2c1CO[C@@]1(C)CNC[C@@H]21.Cl.Cl. The van der Waals surface area contributed by atoms with Crippen molar-refractivity contribution in [3.63, 3.8) is 0 Å². The molecule has 5 heteroatoms. The van der Waals surface area contributed by atoms with E-state index in [1.165, 1.54) is 16.8 Å². The highest BCUT2D eigenvalue weighted by Crippen LogP contribution is 2.43. The molecule has 0 aromatic heterocycles. The molecule has 0 radical (unpaired) electrons. The molecule has 108 valence electrons. The van der Waals surface area contributed by atoms with Gasteiger partial charge >= 0.3 is 0 Å². The van der Waals surface area contributed by atoms with Crippen LogP contribution in [-0.2, 0) is 11.3 Å². The number of nitrogens with zero attached hydrogens (tertiary/aromatic N) is 1. The van der Waals surface area contributed by atoms with E-state index in [0.717, 1.165) is 19.7 Å². The monoisotopic (exact) mass is 304 g/mol. The van der Waals surface area contributed by atoms with Crippen LogP contribution in [-0.4, -0.2) is 32.8 Å². The predicted molar refractivity (Wildman–Crippen MR) is 84.1 cm³/mol. The minimum Gasteiger partial charge on any atom is -0.377 e. The number of halogens is 2. The fraction of sp³-hybridized carbons (Fsp3) is 0.571. The molecular formula is C14H22Cl2N2O. The van der Waals surface area contributed by atoms with E-state index in [-0.39, 0.29) is 30.4 Å². The highest BCUT2D eigenvalue weighted by molar-refractivity contribution is 5.85. The van der Waals surface area contributed by atoms with Crippen molar-refractivity contribution >= 4 is 30.5 Å². The topological polar surface area (TPSA) is 24.5 Å². The van der Waals surface area contributed by atoms with Crippen LogP contribution >= 0.6 is 24.8 Å². The van der Waals surface area contributed by atoms with Gasteiger partial charge in [0.1, 0.15) is 0 Å². The molecule has 0 spiro atoms. The third-order valence-electron chi connectivity index (χ3n) is 4.15. The van der Waals surface area contributed by atoms with Crippen LogP contribution in [0.3, 0.4) is 0 Å². The van der Waals surface area contributed by atoms with Gasteiger partial charge in [0.15, 0.2) is 0 Å². The standard InChI is InChI=1S/C14H20N2O.2ClH/c1-14-9-15-7-12(14)10-5-4-6-13(16(2)3)11(10)8-17-14;;/h4-6,12,15H,7-9H2,1-3H3;2*1H/t12-,14-;;/m0../s1. The fourth-order valence-corrected chi connectivity index (χ4v) is 3.13. The lowest BCUT2D eigenvalue weighted by atomic mass is 9.81. The summed E-state index contributed by atoms with van der Waals surface area (Å²) in [5.74, 6) is 0.492. The molecule has 2 atom stereocenters. The average molecular weight is 305 g/mol. The largest absolute Gasteiger partial charge is 0.377 e.